The molecule has 2 atom stereocenters. The molecule has 0 aliphatic carbocycles. The van der Waals surface area contributed by atoms with E-state index in [1.54, 1.807) is 24.1 Å². The zero-order valence-electron chi connectivity index (χ0n) is 23.2. The van der Waals surface area contributed by atoms with Gasteiger partial charge in [-0.1, -0.05) is 68.2 Å². The van der Waals surface area contributed by atoms with Gasteiger partial charge >= 0.3 is 6.18 Å². The van der Waals surface area contributed by atoms with Crippen LogP contribution in [0.15, 0.2) is 60.7 Å². The van der Waals surface area contributed by atoms with Gasteiger partial charge in [-0.05, 0) is 65.6 Å². The maximum atomic E-state index is 14.2. The smallest absolute Gasteiger partial charge is 0.419 e. The van der Waals surface area contributed by atoms with E-state index in [0.29, 0.717) is 34.4 Å². The molecule has 1 aliphatic rings. The van der Waals surface area contributed by atoms with Crippen LogP contribution < -0.4 is 4.74 Å². The maximum absolute atomic E-state index is 14.2. The zero-order valence-corrected chi connectivity index (χ0v) is 24.7. The lowest BCUT2D eigenvalue weighted by Crippen LogP contribution is -2.39. The molecule has 0 unspecified atom stereocenters. The number of benzene rings is 3. The summed E-state index contributed by atoms with van der Waals surface area (Å²) in [6, 6.07) is 15.6. The van der Waals surface area contributed by atoms with E-state index in [0.717, 1.165) is 23.3 Å². The highest BCUT2D eigenvalue weighted by Gasteiger charge is 2.39. The minimum atomic E-state index is -4.77. The number of hydrogen-bond donors (Lipinski definition) is 0. The van der Waals surface area contributed by atoms with Gasteiger partial charge in [0.2, 0.25) is 0 Å². The van der Waals surface area contributed by atoms with Crippen molar-refractivity contribution in [2.45, 2.75) is 50.9 Å². The Balaban J connectivity index is 1.50. The summed E-state index contributed by atoms with van der Waals surface area (Å²) in [5, 5.41) is 0.777. The van der Waals surface area contributed by atoms with Crippen molar-refractivity contribution >= 4 is 29.1 Å². The zero-order chi connectivity index (χ0) is 30.1. The highest BCUT2D eigenvalue weighted by atomic mass is 35.5. The summed E-state index contributed by atoms with van der Waals surface area (Å²) in [5.74, 6) is -1.11. The molecule has 3 aromatic carbocycles. The molecular weight excluding hydrogens is 579 g/mol. The Hall–Kier alpha value is -2.81. The van der Waals surface area contributed by atoms with Crippen molar-refractivity contribution in [3.05, 3.63) is 98.8 Å². The standard InChI is InChI=1S/C31H32Cl2F4N2O2/c1-30(2,3)21-7-9-22(10-8-21)41-18-29(40)39-16-23(20-6-12-25(32)26(33)14-20)28(17-39)38(4)15-19-5-11-24(27(34)13-19)31(35,36)37/h5-14,23,28H,15-18H2,1-4H3/t23-,28-/m1/s1. The van der Waals surface area contributed by atoms with Crippen molar-refractivity contribution < 1.29 is 27.1 Å². The first-order valence-corrected chi connectivity index (χ1v) is 13.9. The molecule has 41 heavy (non-hydrogen) atoms. The van der Waals surface area contributed by atoms with Crippen molar-refractivity contribution in [3.8, 4) is 5.75 Å². The summed E-state index contributed by atoms with van der Waals surface area (Å²) in [6.07, 6.45) is -4.77. The second-order valence-corrected chi connectivity index (χ2v) is 12.3. The highest BCUT2D eigenvalue weighted by molar-refractivity contribution is 6.42. The Morgan fingerprint density at radius 1 is 0.976 bits per heavy atom. The van der Waals surface area contributed by atoms with Crippen LogP contribution in [0.5, 0.6) is 5.75 Å². The Morgan fingerprint density at radius 2 is 1.66 bits per heavy atom. The average Bonchev–Trinajstić information content (AvgIpc) is 3.34. The first-order chi connectivity index (χ1) is 19.1. The summed E-state index contributed by atoms with van der Waals surface area (Å²) in [6.45, 7) is 7.09. The van der Waals surface area contributed by atoms with E-state index in [-0.39, 0.29) is 36.4 Å². The van der Waals surface area contributed by atoms with Gasteiger partial charge in [-0.2, -0.15) is 13.2 Å². The number of carbonyl (C=O) groups is 1. The van der Waals surface area contributed by atoms with Crippen LogP contribution in [0, 0.1) is 5.82 Å². The van der Waals surface area contributed by atoms with Crippen LogP contribution in [0.3, 0.4) is 0 Å². The molecule has 220 valence electrons. The van der Waals surface area contributed by atoms with Gasteiger partial charge in [0.1, 0.15) is 11.6 Å². The Kier molecular flexibility index (Phi) is 9.26. The largest absolute Gasteiger partial charge is 0.484 e. The average molecular weight is 612 g/mol. The molecule has 4 nitrogen and oxygen atoms in total. The van der Waals surface area contributed by atoms with Crippen LogP contribution in [0.25, 0.3) is 0 Å². The number of ether oxygens (including phenoxy) is 1. The normalized spacial score (nSPS) is 17.8. The lowest BCUT2D eigenvalue weighted by Gasteiger charge is -2.29. The molecule has 10 heteroatoms. The number of hydrogen-bond acceptors (Lipinski definition) is 3. The fraction of sp³-hybridized carbons (Fsp3) is 0.387. The minimum Gasteiger partial charge on any atom is -0.484 e. The molecule has 1 aliphatic heterocycles. The molecule has 0 radical (unpaired) electrons. The number of halogens is 6. The molecule has 1 amide bonds. The van der Waals surface area contributed by atoms with Gasteiger partial charge in [-0.15, -0.1) is 0 Å². The van der Waals surface area contributed by atoms with Crippen molar-refractivity contribution in [2.75, 3.05) is 26.7 Å². The third kappa shape index (κ3) is 7.53. The first kappa shape index (κ1) is 31.1. The quantitative estimate of drug-likeness (QED) is 0.254. The molecule has 0 saturated carbocycles. The predicted molar refractivity (Wildman–Crippen MR) is 153 cm³/mol. The number of alkyl halides is 3. The van der Waals surface area contributed by atoms with E-state index in [1.165, 1.54) is 6.07 Å². The molecule has 3 aromatic rings. The topological polar surface area (TPSA) is 32.8 Å². The monoisotopic (exact) mass is 610 g/mol. The fourth-order valence-electron chi connectivity index (χ4n) is 5.09. The lowest BCUT2D eigenvalue weighted by atomic mass is 9.87. The van der Waals surface area contributed by atoms with Crippen LogP contribution in [0.1, 0.15) is 48.9 Å². The molecule has 1 saturated heterocycles. The van der Waals surface area contributed by atoms with Gasteiger partial charge in [0, 0.05) is 31.6 Å². The van der Waals surface area contributed by atoms with Crippen LogP contribution in [-0.2, 0) is 22.9 Å². The van der Waals surface area contributed by atoms with E-state index in [1.807, 2.05) is 35.2 Å². The van der Waals surface area contributed by atoms with Crippen molar-refractivity contribution in [3.63, 3.8) is 0 Å². The lowest BCUT2D eigenvalue weighted by molar-refractivity contribution is -0.140. The molecule has 0 bridgehead atoms. The highest BCUT2D eigenvalue weighted by Crippen LogP contribution is 2.36. The third-order valence-electron chi connectivity index (χ3n) is 7.43. The SMILES string of the molecule is CN(Cc1ccc(C(F)(F)F)c(F)c1)[C@@H]1CN(C(=O)COc2ccc(C(C)(C)C)cc2)C[C@@H]1c1ccc(Cl)c(Cl)c1. The van der Waals surface area contributed by atoms with Gasteiger partial charge in [-0.3, -0.25) is 9.69 Å². The maximum Gasteiger partial charge on any atom is 0.419 e. The number of nitrogens with zero attached hydrogens (tertiary/aromatic N) is 2. The number of likely N-dealkylation sites (N-methyl/N-ethyl adjacent to an activating group) is 1. The summed E-state index contributed by atoms with van der Waals surface area (Å²) in [4.78, 5) is 16.8. The fourth-order valence-corrected chi connectivity index (χ4v) is 5.39. The molecule has 0 N–H and O–H groups in total. The van der Waals surface area contributed by atoms with Crippen LogP contribution in [0.2, 0.25) is 10.0 Å². The molecule has 1 heterocycles. The Bertz CT molecular complexity index is 1390. The number of amides is 1. The van der Waals surface area contributed by atoms with Crippen molar-refractivity contribution in [1.82, 2.24) is 9.80 Å². The Morgan fingerprint density at radius 3 is 2.24 bits per heavy atom. The van der Waals surface area contributed by atoms with Crippen molar-refractivity contribution in [1.29, 1.82) is 0 Å². The number of rotatable bonds is 7. The summed E-state index contributed by atoms with van der Waals surface area (Å²) in [5.41, 5.74) is 1.10. The first-order valence-electron chi connectivity index (χ1n) is 13.2. The molecule has 0 spiro atoms. The van der Waals surface area contributed by atoms with Gasteiger partial charge < -0.3 is 9.64 Å². The van der Waals surface area contributed by atoms with Gasteiger partial charge in [-0.25, -0.2) is 4.39 Å². The van der Waals surface area contributed by atoms with E-state index in [2.05, 4.69) is 20.8 Å². The van der Waals surface area contributed by atoms with E-state index in [4.69, 9.17) is 27.9 Å². The summed E-state index contributed by atoms with van der Waals surface area (Å²) >= 11 is 12.4. The van der Waals surface area contributed by atoms with Gasteiger partial charge in [0.05, 0.1) is 15.6 Å². The number of likely N-dealkylation sites (tertiary alicyclic amines) is 1. The van der Waals surface area contributed by atoms with Gasteiger partial charge in [0.25, 0.3) is 5.91 Å². The molecular formula is C31H32Cl2F4N2O2. The predicted octanol–water partition coefficient (Wildman–Crippen LogP) is 7.95. The second-order valence-electron chi connectivity index (χ2n) is 11.4. The minimum absolute atomic E-state index is 0.00332. The van der Waals surface area contributed by atoms with E-state index >= 15 is 0 Å². The van der Waals surface area contributed by atoms with E-state index < -0.39 is 17.6 Å². The van der Waals surface area contributed by atoms with Crippen LogP contribution in [0.4, 0.5) is 17.6 Å². The van der Waals surface area contributed by atoms with Crippen LogP contribution in [-0.4, -0.2) is 48.5 Å². The second kappa shape index (κ2) is 12.2. The summed E-state index contributed by atoms with van der Waals surface area (Å²) in [7, 11) is 1.80. The molecule has 0 aromatic heterocycles. The van der Waals surface area contributed by atoms with Crippen LogP contribution >= 0.6 is 23.2 Å². The third-order valence-corrected chi connectivity index (χ3v) is 8.17. The Labute approximate surface area is 247 Å². The summed E-state index contributed by atoms with van der Waals surface area (Å²) < 4.78 is 59.1. The number of carbonyl (C=O) groups excluding carboxylic acids is 1. The van der Waals surface area contributed by atoms with Crippen molar-refractivity contribution in [2.24, 2.45) is 0 Å². The van der Waals surface area contributed by atoms with E-state index in [9.17, 15) is 22.4 Å². The van der Waals surface area contributed by atoms with Gasteiger partial charge in [0.15, 0.2) is 6.61 Å². The molecule has 4 rings (SSSR count). The molecule has 1 fully saturated rings.